The molecule has 0 spiro atoms. The van der Waals surface area contributed by atoms with E-state index in [0.29, 0.717) is 0 Å². The molecule has 2 aromatic rings. The molecule has 1 N–H and O–H groups in total. The molecule has 0 radical (unpaired) electrons. The van der Waals surface area contributed by atoms with Gasteiger partial charge in [0, 0.05) is 33.2 Å². The number of rotatable bonds is 2. The van der Waals surface area contributed by atoms with Crippen LogP contribution in [0.5, 0.6) is 0 Å². The van der Waals surface area contributed by atoms with E-state index in [1.807, 2.05) is 0 Å². The number of hydrogen-bond acceptors (Lipinski definition) is 1. The van der Waals surface area contributed by atoms with E-state index in [-0.39, 0.29) is 0 Å². The summed E-state index contributed by atoms with van der Waals surface area (Å²) in [6, 6.07) is 16.9. The molecule has 2 aromatic carbocycles. The number of nitrogens with one attached hydrogen (secondary N) is 1. The van der Waals surface area contributed by atoms with Crippen molar-refractivity contribution in [1.82, 2.24) is 0 Å². The Balaban J connectivity index is 2.34. The van der Waals surface area contributed by atoms with Gasteiger partial charge in [0.2, 0.25) is 0 Å². The Morgan fingerprint density at radius 1 is 0.684 bits per heavy atom. The zero-order valence-electron chi connectivity index (χ0n) is 10.3. The quantitative estimate of drug-likeness (QED) is 0.685. The number of alkyl halides is 2. The van der Waals surface area contributed by atoms with Crippen molar-refractivity contribution < 1.29 is 0 Å². The third-order valence-electron chi connectivity index (χ3n) is 3.41. The van der Waals surface area contributed by atoms with Crippen molar-refractivity contribution in [1.29, 1.82) is 0 Å². The van der Waals surface area contributed by atoms with Gasteiger partial charge in [-0.15, -0.1) is 0 Å². The van der Waals surface area contributed by atoms with Gasteiger partial charge in [-0.2, -0.15) is 0 Å². The predicted octanol–water partition coefficient (Wildman–Crippen LogP) is 5.44. The highest BCUT2D eigenvalue weighted by atomic mass is 79.9. The van der Waals surface area contributed by atoms with Crippen LogP contribution in [-0.2, 0) is 0 Å². The monoisotopic (exact) mass is 377 g/mol. The highest BCUT2D eigenvalue weighted by Crippen LogP contribution is 2.40. The molecule has 19 heavy (non-hydrogen) atoms. The standard InChI is InChI=1S/C16H13Br2N/c17-9-13-11-5-1-3-7-15(11)19-16-8-4-2-6-12(16)14(13)10-18/h1-8,19H,9-10H2. The van der Waals surface area contributed by atoms with E-state index in [1.54, 1.807) is 0 Å². The Hall–Kier alpha value is -1.06. The molecule has 1 heterocycles. The molecule has 0 bridgehead atoms. The fourth-order valence-electron chi connectivity index (χ4n) is 2.49. The van der Waals surface area contributed by atoms with Crippen molar-refractivity contribution in [3.05, 3.63) is 59.7 Å². The Kier molecular flexibility index (Phi) is 3.76. The fraction of sp³-hybridized carbons (Fsp3) is 0.125. The van der Waals surface area contributed by atoms with Gasteiger partial charge < -0.3 is 5.32 Å². The van der Waals surface area contributed by atoms with Crippen LogP contribution in [0.1, 0.15) is 11.1 Å². The highest BCUT2D eigenvalue weighted by Gasteiger charge is 2.19. The van der Waals surface area contributed by atoms with Gasteiger partial charge in [0.1, 0.15) is 0 Å². The summed E-state index contributed by atoms with van der Waals surface area (Å²) in [6.45, 7) is 0. The van der Waals surface area contributed by atoms with E-state index in [9.17, 15) is 0 Å². The molecule has 0 unspecified atom stereocenters. The van der Waals surface area contributed by atoms with Crippen molar-refractivity contribution in [3.8, 4) is 0 Å². The molecular weight excluding hydrogens is 366 g/mol. The summed E-state index contributed by atoms with van der Waals surface area (Å²) in [5.74, 6) is 0. The van der Waals surface area contributed by atoms with Gasteiger partial charge in [-0.1, -0.05) is 68.3 Å². The maximum atomic E-state index is 3.64. The smallest absolute Gasteiger partial charge is 0.0461 e. The maximum absolute atomic E-state index is 3.64. The molecule has 1 nitrogen and oxygen atoms in total. The number of benzene rings is 2. The van der Waals surface area contributed by atoms with Crippen LogP contribution in [0.2, 0.25) is 0 Å². The minimum absolute atomic E-state index is 0.848. The molecule has 0 aliphatic carbocycles. The summed E-state index contributed by atoms with van der Waals surface area (Å²) in [6.07, 6.45) is 0. The van der Waals surface area contributed by atoms with E-state index >= 15 is 0 Å². The second kappa shape index (κ2) is 5.51. The fourth-order valence-corrected chi connectivity index (χ4v) is 3.77. The van der Waals surface area contributed by atoms with Crippen LogP contribution in [0.3, 0.4) is 0 Å². The lowest BCUT2D eigenvalue weighted by molar-refractivity contribution is 1.52. The maximum Gasteiger partial charge on any atom is 0.0461 e. The molecule has 0 fully saturated rings. The van der Waals surface area contributed by atoms with Crippen LogP contribution in [0.4, 0.5) is 11.4 Å². The van der Waals surface area contributed by atoms with Crippen molar-refractivity contribution in [2.45, 2.75) is 0 Å². The first-order chi connectivity index (χ1) is 9.35. The summed E-state index contributed by atoms with van der Waals surface area (Å²) in [5, 5.41) is 5.24. The lowest BCUT2D eigenvalue weighted by Gasteiger charge is -2.11. The van der Waals surface area contributed by atoms with Crippen LogP contribution in [-0.4, -0.2) is 10.7 Å². The Morgan fingerprint density at radius 3 is 1.53 bits per heavy atom. The first kappa shape index (κ1) is 12.9. The zero-order valence-corrected chi connectivity index (χ0v) is 13.5. The van der Waals surface area contributed by atoms with Gasteiger partial charge in [-0.25, -0.2) is 0 Å². The van der Waals surface area contributed by atoms with Gasteiger partial charge in [0.15, 0.2) is 0 Å². The minimum Gasteiger partial charge on any atom is -0.355 e. The summed E-state index contributed by atoms with van der Waals surface area (Å²) < 4.78 is 0. The topological polar surface area (TPSA) is 12.0 Å². The van der Waals surface area contributed by atoms with Gasteiger partial charge in [0.25, 0.3) is 0 Å². The number of anilines is 2. The molecule has 0 saturated heterocycles. The zero-order chi connectivity index (χ0) is 13.2. The molecule has 3 heteroatoms. The first-order valence-corrected chi connectivity index (χ1v) is 8.39. The van der Waals surface area contributed by atoms with Crippen LogP contribution < -0.4 is 5.32 Å². The van der Waals surface area contributed by atoms with Crippen molar-refractivity contribution in [3.63, 3.8) is 0 Å². The Labute approximate surface area is 130 Å². The summed E-state index contributed by atoms with van der Waals surface area (Å²) in [4.78, 5) is 0. The first-order valence-electron chi connectivity index (χ1n) is 6.15. The van der Waals surface area contributed by atoms with Crippen LogP contribution >= 0.6 is 31.9 Å². The number of fused-ring (bicyclic) bond motifs is 2. The minimum atomic E-state index is 0.848. The number of para-hydroxylation sites is 2. The normalized spacial score (nSPS) is 13.4. The van der Waals surface area contributed by atoms with Gasteiger partial charge in [-0.3, -0.25) is 0 Å². The van der Waals surface area contributed by atoms with E-state index in [4.69, 9.17) is 0 Å². The summed E-state index contributed by atoms with van der Waals surface area (Å²) in [7, 11) is 0. The van der Waals surface area contributed by atoms with Crippen molar-refractivity contribution in [2.24, 2.45) is 0 Å². The van der Waals surface area contributed by atoms with Gasteiger partial charge in [-0.05, 0) is 23.3 Å². The lowest BCUT2D eigenvalue weighted by atomic mass is 9.97. The average Bonchev–Trinajstić information content (AvgIpc) is 2.60. The third kappa shape index (κ3) is 2.26. The lowest BCUT2D eigenvalue weighted by Crippen LogP contribution is -1.93. The summed E-state index contributed by atoms with van der Waals surface area (Å²) in [5.41, 5.74) is 7.55. The number of hydrogen-bond donors (Lipinski definition) is 1. The van der Waals surface area contributed by atoms with Crippen LogP contribution in [0.25, 0.3) is 11.1 Å². The van der Waals surface area contributed by atoms with E-state index < -0.39 is 0 Å². The van der Waals surface area contributed by atoms with E-state index in [2.05, 4.69) is 85.7 Å². The van der Waals surface area contributed by atoms with Crippen LogP contribution in [0.15, 0.2) is 48.5 Å². The molecular formula is C16H13Br2N. The molecule has 0 aromatic heterocycles. The highest BCUT2D eigenvalue weighted by molar-refractivity contribution is 9.09. The van der Waals surface area contributed by atoms with Crippen molar-refractivity contribution >= 4 is 54.4 Å². The molecule has 0 amide bonds. The molecule has 0 atom stereocenters. The Bertz CT molecular complexity index is 591. The van der Waals surface area contributed by atoms with Gasteiger partial charge >= 0.3 is 0 Å². The van der Waals surface area contributed by atoms with E-state index in [1.165, 1.54) is 33.6 Å². The van der Waals surface area contributed by atoms with Gasteiger partial charge in [0.05, 0.1) is 0 Å². The largest absolute Gasteiger partial charge is 0.355 e. The third-order valence-corrected chi connectivity index (χ3v) is 4.53. The van der Waals surface area contributed by atoms with E-state index in [0.717, 1.165) is 10.7 Å². The number of allylic oxidation sites excluding steroid dienone is 2. The van der Waals surface area contributed by atoms with Crippen molar-refractivity contribution in [2.75, 3.05) is 16.0 Å². The number of halogens is 2. The summed E-state index contributed by atoms with van der Waals surface area (Å²) >= 11 is 7.28. The molecule has 1 aliphatic rings. The molecule has 3 rings (SSSR count). The molecule has 96 valence electrons. The molecule has 1 aliphatic heterocycles. The average molecular weight is 379 g/mol. The van der Waals surface area contributed by atoms with Crippen LogP contribution in [0, 0.1) is 0 Å². The predicted molar refractivity (Wildman–Crippen MR) is 90.6 cm³/mol. The second-order valence-corrected chi connectivity index (χ2v) is 5.56. The molecule has 0 saturated carbocycles. The Morgan fingerprint density at radius 2 is 1.11 bits per heavy atom. The second-order valence-electron chi connectivity index (χ2n) is 4.44. The SMILES string of the molecule is BrCC1=C(CBr)c2ccccc2Nc2ccccc21.